The number of aliphatic hydroxyl groups is 2. The Bertz CT molecular complexity index is 773. The number of halogens is 2. The second kappa shape index (κ2) is 7.69. The number of nitrogens with zero attached hydrogens (tertiary/aromatic N) is 1. The summed E-state index contributed by atoms with van der Waals surface area (Å²) >= 11 is 6.04. The third-order valence-electron chi connectivity index (χ3n) is 6.88. The Hall–Kier alpha value is -0.840. The lowest BCUT2D eigenvalue weighted by Crippen LogP contribution is -2.61. The molecule has 0 saturated carbocycles. The summed E-state index contributed by atoms with van der Waals surface area (Å²) in [5.41, 5.74) is 1.07. The molecule has 4 N–H and O–H groups in total. The van der Waals surface area contributed by atoms with Crippen molar-refractivity contribution >= 4 is 11.6 Å². The van der Waals surface area contributed by atoms with Crippen molar-refractivity contribution in [1.29, 1.82) is 0 Å². The first-order valence-corrected chi connectivity index (χ1v) is 10.6. The van der Waals surface area contributed by atoms with Crippen LogP contribution in [-0.4, -0.2) is 71.7 Å². The predicted octanol–water partition coefficient (Wildman–Crippen LogP) is 1.06. The third kappa shape index (κ3) is 3.30. The summed E-state index contributed by atoms with van der Waals surface area (Å²) in [6, 6.07) is 5.35. The molecule has 5 rings (SSSR count). The van der Waals surface area contributed by atoms with E-state index in [0.29, 0.717) is 34.8 Å². The first kappa shape index (κ1) is 20.1. The van der Waals surface area contributed by atoms with E-state index in [1.165, 1.54) is 0 Å². The van der Waals surface area contributed by atoms with Crippen LogP contribution in [0.4, 0.5) is 4.39 Å². The molecule has 9 atom stereocenters. The van der Waals surface area contributed by atoms with Gasteiger partial charge < -0.3 is 25.0 Å². The van der Waals surface area contributed by atoms with Crippen LogP contribution in [0.25, 0.3) is 0 Å². The summed E-state index contributed by atoms with van der Waals surface area (Å²) in [5, 5.41) is 28.9. The zero-order valence-electron chi connectivity index (χ0n) is 16.2. The van der Waals surface area contributed by atoms with Crippen molar-refractivity contribution in [3.8, 4) is 0 Å². The molecular weight excluding hydrogens is 401 g/mol. The van der Waals surface area contributed by atoms with Crippen LogP contribution in [-0.2, 0) is 9.47 Å². The second-order valence-corrected chi connectivity index (χ2v) is 8.91. The van der Waals surface area contributed by atoms with E-state index in [-0.39, 0.29) is 12.8 Å². The zero-order chi connectivity index (χ0) is 20.3. The highest BCUT2D eigenvalue weighted by atomic mass is 35.5. The van der Waals surface area contributed by atoms with E-state index in [2.05, 4.69) is 22.5 Å². The highest BCUT2D eigenvalue weighted by Crippen LogP contribution is 2.43. The van der Waals surface area contributed by atoms with Crippen LogP contribution in [0, 0.1) is 5.92 Å². The maximum Gasteiger partial charge on any atom is 0.149 e. The van der Waals surface area contributed by atoms with Gasteiger partial charge in [0, 0.05) is 30.2 Å². The van der Waals surface area contributed by atoms with Crippen molar-refractivity contribution in [2.75, 3.05) is 19.8 Å². The van der Waals surface area contributed by atoms with Gasteiger partial charge in [-0.15, -0.1) is 0 Å². The number of fused-ring (bicyclic) bond motifs is 2. The number of hydrogen-bond acceptors (Lipinski definition) is 7. The molecule has 1 aromatic carbocycles. The lowest BCUT2D eigenvalue weighted by atomic mass is 9.91. The number of rotatable bonds is 2. The number of nitrogens with one attached hydrogen (secondary N) is 2. The van der Waals surface area contributed by atoms with Gasteiger partial charge in [-0.1, -0.05) is 17.7 Å². The van der Waals surface area contributed by atoms with Crippen molar-refractivity contribution in [3.05, 3.63) is 34.3 Å². The smallest absolute Gasteiger partial charge is 0.149 e. The van der Waals surface area contributed by atoms with E-state index in [4.69, 9.17) is 21.1 Å². The van der Waals surface area contributed by atoms with Crippen LogP contribution >= 0.6 is 11.6 Å². The molecule has 0 amide bonds. The number of alkyl halides is 1. The van der Waals surface area contributed by atoms with Gasteiger partial charge in [0.15, 0.2) is 0 Å². The van der Waals surface area contributed by atoms with Crippen molar-refractivity contribution < 1.29 is 24.1 Å². The molecule has 0 bridgehead atoms. The van der Waals surface area contributed by atoms with Crippen LogP contribution in [0.3, 0.4) is 0 Å². The van der Waals surface area contributed by atoms with Crippen molar-refractivity contribution in [1.82, 2.24) is 15.5 Å². The summed E-state index contributed by atoms with van der Waals surface area (Å²) in [6.07, 6.45) is -4.54. The van der Waals surface area contributed by atoms with Crippen molar-refractivity contribution in [3.63, 3.8) is 0 Å². The van der Waals surface area contributed by atoms with Gasteiger partial charge in [0.2, 0.25) is 0 Å². The molecule has 29 heavy (non-hydrogen) atoms. The molecule has 0 aliphatic carbocycles. The van der Waals surface area contributed by atoms with Gasteiger partial charge in [0.25, 0.3) is 0 Å². The average molecular weight is 428 g/mol. The summed E-state index contributed by atoms with van der Waals surface area (Å²) in [5.74, 6) is 0.400. The van der Waals surface area contributed by atoms with Gasteiger partial charge in [0.1, 0.15) is 36.8 Å². The van der Waals surface area contributed by atoms with Gasteiger partial charge in [-0.2, -0.15) is 0 Å². The van der Waals surface area contributed by atoms with E-state index < -0.39 is 36.8 Å². The minimum atomic E-state index is -1.28. The lowest BCUT2D eigenvalue weighted by Gasteiger charge is -2.40. The first-order chi connectivity index (χ1) is 14.0. The van der Waals surface area contributed by atoms with Crippen molar-refractivity contribution in [2.45, 2.75) is 62.4 Å². The maximum absolute atomic E-state index is 14.4. The van der Waals surface area contributed by atoms with Crippen LogP contribution in [0.5, 0.6) is 0 Å². The Balaban J connectivity index is 1.39. The summed E-state index contributed by atoms with van der Waals surface area (Å²) in [6.45, 7) is 3.48. The summed E-state index contributed by atoms with van der Waals surface area (Å²) < 4.78 is 26.3. The average Bonchev–Trinajstić information content (AvgIpc) is 3.26. The quantitative estimate of drug-likeness (QED) is 0.561. The highest BCUT2D eigenvalue weighted by molar-refractivity contribution is 6.30. The number of likely N-dealkylation sites (tertiary alicyclic amines) is 1. The van der Waals surface area contributed by atoms with Crippen LogP contribution in [0.15, 0.2) is 18.2 Å². The van der Waals surface area contributed by atoms with Crippen LogP contribution < -0.4 is 10.6 Å². The molecule has 3 fully saturated rings. The molecule has 160 valence electrons. The van der Waals surface area contributed by atoms with E-state index in [9.17, 15) is 14.6 Å². The van der Waals surface area contributed by atoms with E-state index in [1.54, 1.807) is 18.2 Å². The van der Waals surface area contributed by atoms with Crippen LogP contribution in [0.1, 0.15) is 36.7 Å². The Labute approximate surface area is 174 Å². The normalized spacial score (nSPS) is 45.2. The van der Waals surface area contributed by atoms with E-state index >= 15 is 0 Å². The minimum Gasteiger partial charge on any atom is -0.387 e. The topological polar surface area (TPSA) is 86.2 Å². The first-order valence-electron chi connectivity index (χ1n) is 10.2. The second-order valence-electron chi connectivity index (χ2n) is 8.48. The molecule has 0 spiro atoms. The lowest BCUT2D eigenvalue weighted by molar-refractivity contribution is -0.147. The summed E-state index contributed by atoms with van der Waals surface area (Å²) in [4.78, 5) is 2.10. The van der Waals surface area contributed by atoms with Crippen LogP contribution in [0.2, 0.25) is 5.02 Å². The molecule has 0 radical (unpaired) electrons. The van der Waals surface area contributed by atoms with Gasteiger partial charge in [-0.3, -0.25) is 10.2 Å². The molecule has 1 aromatic rings. The standard InChI is InChI=1S/C20H27ClFN3O4/c1-9-11-4-5-25(19(11)24-8-23-9)20-16(27)15(26)18(29-20)17-12-3-2-10(21)6-13(12)14(22)7-28-17/h2-3,6,9,11,14-20,23-24,26-27H,4-5,7-8H2,1H3/t9?,11?,14-,15-,16+,17+,18-,19?,20+/m0/s1. The highest BCUT2D eigenvalue weighted by Gasteiger charge is 2.54. The predicted molar refractivity (Wildman–Crippen MR) is 104 cm³/mol. The maximum atomic E-state index is 14.4. The van der Waals surface area contributed by atoms with Gasteiger partial charge in [-0.05, 0) is 36.6 Å². The molecule has 7 nitrogen and oxygen atoms in total. The fourth-order valence-electron chi connectivity index (χ4n) is 5.32. The van der Waals surface area contributed by atoms with E-state index in [0.717, 1.165) is 13.0 Å². The fraction of sp³-hybridized carbons (Fsp3) is 0.700. The number of hydrogen-bond donors (Lipinski definition) is 4. The Morgan fingerprint density at radius 2 is 2.03 bits per heavy atom. The Morgan fingerprint density at radius 3 is 2.86 bits per heavy atom. The largest absolute Gasteiger partial charge is 0.387 e. The van der Waals surface area contributed by atoms with Gasteiger partial charge >= 0.3 is 0 Å². The number of benzene rings is 1. The Morgan fingerprint density at radius 1 is 1.21 bits per heavy atom. The molecule has 4 heterocycles. The molecular formula is C20H27ClFN3O4. The molecule has 4 aliphatic rings. The Kier molecular flexibility index (Phi) is 5.33. The monoisotopic (exact) mass is 427 g/mol. The SMILES string of the molecule is CC1NCNC2C1CCN2[C@@H]1O[C@H]([C@@H]2OC[C@H](F)c3cc(Cl)ccc32)[C@@H](O)[C@H]1O. The molecule has 9 heteroatoms. The zero-order valence-corrected chi connectivity index (χ0v) is 16.9. The van der Waals surface area contributed by atoms with Gasteiger partial charge in [-0.25, -0.2) is 4.39 Å². The summed E-state index contributed by atoms with van der Waals surface area (Å²) in [7, 11) is 0. The van der Waals surface area contributed by atoms with E-state index in [1.807, 2.05) is 0 Å². The third-order valence-corrected chi connectivity index (χ3v) is 7.11. The number of aliphatic hydroxyl groups excluding tert-OH is 2. The molecule has 3 saturated heterocycles. The molecule has 0 aromatic heterocycles. The molecule has 4 aliphatic heterocycles. The minimum absolute atomic E-state index is 0.0745. The van der Waals surface area contributed by atoms with Crippen molar-refractivity contribution in [2.24, 2.45) is 5.92 Å². The van der Waals surface area contributed by atoms with Gasteiger partial charge in [0.05, 0.1) is 12.8 Å². The fourth-order valence-corrected chi connectivity index (χ4v) is 5.50. The molecule has 3 unspecified atom stereocenters. The number of ether oxygens (including phenoxy) is 2.